The summed E-state index contributed by atoms with van der Waals surface area (Å²) in [5.41, 5.74) is 2.94. The minimum Gasteiger partial charge on any atom is -0.495 e. The Morgan fingerprint density at radius 2 is 2.00 bits per heavy atom. The van der Waals surface area contributed by atoms with Gasteiger partial charge in [-0.25, -0.2) is 4.79 Å². The number of anilines is 1. The number of hydrogen-bond acceptors (Lipinski definition) is 3. The van der Waals surface area contributed by atoms with Gasteiger partial charge in [0.05, 0.1) is 12.8 Å². The van der Waals surface area contributed by atoms with Gasteiger partial charge in [-0.2, -0.15) is 0 Å². The lowest BCUT2D eigenvalue weighted by molar-refractivity contribution is -0.138. The van der Waals surface area contributed by atoms with Gasteiger partial charge in [-0.1, -0.05) is 6.07 Å². The van der Waals surface area contributed by atoms with Crippen LogP contribution in [0.15, 0.2) is 12.1 Å². The molecule has 0 aliphatic carbocycles. The van der Waals surface area contributed by atoms with Crippen molar-refractivity contribution >= 4 is 11.7 Å². The van der Waals surface area contributed by atoms with Gasteiger partial charge in [0, 0.05) is 7.05 Å². The lowest BCUT2D eigenvalue weighted by atomic mass is 10.1. The normalized spacial score (nSPS) is 12.1. The number of ether oxygens (including phenoxy) is 1. The van der Waals surface area contributed by atoms with Gasteiger partial charge in [0.1, 0.15) is 11.8 Å². The molecule has 0 fully saturated rings. The number of carboxylic acids is 1. The van der Waals surface area contributed by atoms with Crippen molar-refractivity contribution in [2.75, 3.05) is 19.1 Å². The standard InChI is InChI=1S/C13H19NO3/c1-8-6-9(2)12(11(7-8)17-5)14(4)10(3)13(15)16/h6-7,10H,1-5H3,(H,15,16). The first-order chi connectivity index (χ1) is 7.88. The van der Waals surface area contributed by atoms with Gasteiger partial charge in [-0.3, -0.25) is 0 Å². The second-order valence-corrected chi connectivity index (χ2v) is 4.26. The van der Waals surface area contributed by atoms with Crippen LogP contribution in [0, 0.1) is 13.8 Å². The molecule has 94 valence electrons. The lowest BCUT2D eigenvalue weighted by Gasteiger charge is -2.27. The van der Waals surface area contributed by atoms with E-state index in [1.54, 1.807) is 26.0 Å². The Bertz CT molecular complexity index is 429. The van der Waals surface area contributed by atoms with E-state index in [2.05, 4.69) is 0 Å². The van der Waals surface area contributed by atoms with Crippen LogP contribution in [0.5, 0.6) is 5.75 Å². The Hall–Kier alpha value is -1.71. The molecule has 0 amide bonds. The molecule has 0 radical (unpaired) electrons. The third-order valence-electron chi connectivity index (χ3n) is 2.92. The van der Waals surface area contributed by atoms with Crippen molar-refractivity contribution in [3.05, 3.63) is 23.3 Å². The van der Waals surface area contributed by atoms with Crippen LogP contribution in [0.1, 0.15) is 18.1 Å². The smallest absolute Gasteiger partial charge is 0.326 e. The maximum absolute atomic E-state index is 11.0. The summed E-state index contributed by atoms with van der Waals surface area (Å²) in [6.07, 6.45) is 0. The molecule has 0 aliphatic rings. The lowest BCUT2D eigenvalue weighted by Crippen LogP contribution is -2.36. The number of rotatable bonds is 4. The topological polar surface area (TPSA) is 49.8 Å². The molecule has 1 N–H and O–H groups in total. The third-order valence-corrected chi connectivity index (χ3v) is 2.92. The molecule has 0 spiro atoms. The summed E-state index contributed by atoms with van der Waals surface area (Å²) in [5, 5.41) is 9.04. The molecule has 1 aromatic carbocycles. The van der Waals surface area contributed by atoms with Gasteiger partial charge in [0.15, 0.2) is 0 Å². The number of methoxy groups -OCH3 is 1. The van der Waals surface area contributed by atoms with E-state index in [0.717, 1.165) is 16.8 Å². The number of aliphatic carboxylic acids is 1. The molecule has 0 saturated heterocycles. The Morgan fingerprint density at radius 3 is 2.47 bits per heavy atom. The predicted molar refractivity (Wildman–Crippen MR) is 68.0 cm³/mol. The molecular formula is C13H19NO3. The maximum Gasteiger partial charge on any atom is 0.326 e. The molecule has 1 aromatic rings. The Kier molecular flexibility index (Phi) is 3.99. The van der Waals surface area contributed by atoms with Crippen molar-refractivity contribution in [1.29, 1.82) is 0 Å². The van der Waals surface area contributed by atoms with Gasteiger partial charge < -0.3 is 14.7 Å². The summed E-state index contributed by atoms with van der Waals surface area (Å²) < 4.78 is 5.32. The third kappa shape index (κ3) is 2.70. The summed E-state index contributed by atoms with van der Waals surface area (Å²) in [6.45, 7) is 5.59. The van der Waals surface area contributed by atoms with E-state index in [1.807, 2.05) is 26.0 Å². The molecule has 1 rings (SSSR count). The van der Waals surface area contributed by atoms with E-state index in [9.17, 15) is 4.79 Å². The Morgan fingerprint density at radius 1 is 1.41 bits per heavy atom. The average molecular weight is 237 g/mol. The highest BCUT2D eigenvalue weighted by Crippen LogP contribution is 2.33. The van der Waals surface area contributed by atoms with Crippen molar-refractivity contribution in [1.82, 2.24) is 0 Å². The zero-order valence-electron chi connectivity index (χ0n) is 10.9. The van der Waals surface area contributed by atoms with Gasteiger partial charge in [0.2, 0.25) is 0 Å². The Balaban J connectivity index is 3.25. The van der Waals surface area contributed by atoms with E-state index in [4.69, 9.17) is 9.84 Å². The molecule has 0 bridgehead atoms. The number of carbonyl (C=O) groups is 1. The molecule has 0 saturated carbocycles. The Labute approximate surface area is 102 Å². The summed E-state index contributed by atoms with van der Waals surface area (Å²) in [5.74, 6) is -0.146. The van der Waals surface area contributed by atoms with Crippen molar-refractivity contribution in [3.63, 3.8) is 0 Å². The SMILES string of the molecule is COc1cc(C)cc(C)c1N(C)C(C)C(=O)O. The quantitative estimate of drug-likeness (QED) is 0.872. The average Bonchev–Trinajstić information content (AvgIpc) is 2.25. The van der Waals surface area contributed by atoms with Crippen LogP contribution in [0.3, 0.4) is 0 Å². The van der Waals surface area contributed by atoms with Crippen LogP contribution in [0.2, 0.25) is 0 Å². The van der Waals surface area contributed by atoms with Gasteiger partial charge in [0.25, 0.3) is 0 Å². The molecule has 1 unspecified atom stereocenters. The van der Waals surface area contributed by atoms with E-state index in [1.165, 1.54) is 0 Å². The van der Waals surface area contributed by atoms with E-state index >= 15 is 0 Å². The first-order valence-corrected chi connectivity index (χ1v) is 5.49. The molecule has 0 heterocycles. The first-order valence-electron chi connectivity index (χ1n) is 5.49. The summed E-state index contributed by atoms with van der Waals surface area (Å²) in [6, 6.07) is 3.33. The van der Waals surface area contributed by atoms with Gasteiger partial charge in [-0.05, 0) is 38.0 Å². The minimum atomic E-state index is -0.852. The van der Waals surface area contributed by atoms with Crippen LogP contribution in [0.4, 0.5) is 5.69 Å². The largest absolute Gasteiger partial charge is 0.495 e. The predicted octanol–water partition coefficient (Wildman–Crippen LogP) is 2.22. The van der Waals surface area contributed by atoms with E-state index in [0.29, 0.717) is 5.75 Å². The summed E-state index contributed by atoms with van der Waals surface area (Å²) >= 11 is 0. The molecule has 0 aliphatic heterocycles. The molecule has 1 atom stereocenters. The summed E-state index contributed by atoms with van der Waals surface area (Å²) in [4.78, 5) is 12.7. The minimum absolute atomic E-state index is 0.592. The summed E-state index contributed by atoms with van der Waals surface area (Å²) in [7, 11) is 3.36. The van der Waals surface area contributed by atoms with Crippen LogP contribution < -0.4 is 9.64 Å². The second kappa shape index (κ2) is 5.08. The van der Waals surface area contributed by atoms with Crippen LogP contribution in [-0.2, 0) is 4.79 Å². The highest BCUT2D eigenvalue weighted by atomic mass is 16.5. The van der Waals surface area contributed by atoms with Crippen molar-refractivity contribution < 1.29 is 14.6 Å². The fraction of sp³-hybridized carbons (Fsp3) is 0.462. The zero-order chi connectivity index (χ0) is 13.2. The van der Waals surface area contributed by atoms with Crippen molar-refractivity contribution in [2.45, 2.75) is 26.8 Å². The van der Waals surface area contributed by atoms with Crippen LogP contribution >= 0.6 is 0 Å². The molecule has 4 nitrogen and oxygen atoms in total. The fourth-order valence-corrected chi connectivity index (χ4v) is 1.89. The zero-order valence-corrected chi connectivity index (χ0v) is 10.9. The first kappa shape index (κ1) is 13.4. The highest BCUT2D eigenvalue weighted by Gasteiger charge is 2.21. The van der Waals surface area contributed by atoms with E-state index < -0.39 is 12.0 Å². The van der Waals surface area contributed by atoms with Crippen molar-refractivity contribution in [2.24, 2.45) is 0 Å². The monoisotopic (exact) mass is 237 g/mol. The highest BCUT2D eigenvalue weighted by molar-refractivity contribution is 5.79. The molecule has 17 heavy (non-hydrogen) atoms. The number of likely N-dealkylation sites (N-methyl/N-ethyl adjacent to an activating group) is 1. The molecule has 0 aromatic heterocycles. The number of benzene rings is 1. The van der Waals surface area contributed by atoms with Crippen LogP contribution in [-0.4, -0.2) is 31.3 Å². The fourth-order valence-electron chi connectivity index (χ4n) is 1.89. The number of carboxylic acid groups (broad SMARTS) is 1. The van der Waals surface area contributed by atoms with Crippen molar-refractivity contribution in [3.8, 4) is 5.75 Å². The van der Waals surface area contributed by atoms with Crippen LogP contribution in [0.25, 0.3) is 0 Å². The molecular weight excluding hydrogens is 218 g/mol. The van der Waals surface area contributed by atoms with Gasteiger partial charge >= 0.3 is 5.97 Å². The maximum atomic E-state index is 11.0. The van der Waals surface area contributed by atoms with E-state index in [-0.39, 0.29) is 0 Å². The number of aryl methyl sites for hydroxylation is 2. The number of hydrogen-bond donors (Lipinski definition) is 1. The number of nitrogens with zero attached hydrogens (tertiary/aromatic N) is 1. The van der Waals surface area contributed by atoms with Gasteiger partial charge in [-0.15, -0.1) is 0 Å². The molecule has 4 heteroatoms. The second-order valence-electron chi connectivity index (χ2n) is 4.26.